The predicted molar refractivity (Wildman–Crippen MR) is 93.9 cm³/mol. The Morgan fingerprint density at radius 3 is 1.40 bits per heavy atom. The Hall–Kier alpha value is 0.620. The summed E-state index contributed by atoms with van der Waals surface area (Å²) in [5, 5.41) is 0. The first-order valence-corrected chi connectivity index (χ1v) is 10.1. The van der Waals surface area contributed by atoms with E-state index in [0.717, 1.165) is 12.1 Å². The van der Waals surface area contributed by atoms with E-state index in [0.29, 0.717) is 4.58 Å². The molecular weight excluding hydrogens is 284 g/mol. The highest BCUT2D eigenvalue weighted by Gasteiger charge is 2.23. The summed E-state index contributed by atoms with van der Waals surface area (Å²) in [6.07, 6.45) is 14.2. The maximum atomic E-state index is 2.55. The second kappa shape index (κ2) is 8.92. The van der Waals surface area contributed by atoms with Crippen LogP contribution >= 0.6 is 23.9 Å². The van der Waals surface area contributed by atoms with Crippen molar-refractivity contribution < 1.29 is 0 Å². The van der Waals surface area contributed by atoms with Crippen LogP contribution in [0.4, 0.5) is 0 Å². The molecule has 0 amide bonds. The lowest BCUT2D eigenvalue weighted by Gasteiger charge is -2.35. The molecule has 0 spiro atoms. The molecule has 0 aromatic rings. The Morgan fingerprint density at radius 1 is 0.700 bits per heavy atom. The van der Waals surface area contributed by atoms with Crippen LogP contribution in [0, 0.1) is 0 Å². The molecule has 0 heterocycles. The van der Waals surface area contributed by atoms with Crippen LogP contribution in [0.25, 0.3) is 0 Å². The molecule has 0 aromatic carbocycles. The number of nitrogens with zero attached hydrogens (tertiary/aromatic N) is 2. The van der Waals surface area contributed by atoms with Gasteiger partial charge in [-0.25, -0.2) is 8.61 Å². The number of hydrogen-bond donors (Lipinski definition) is 0. The predicted octanol–water partition coefficient (Wildman–Crippen LogP) is 5.16. The summed E-state index contributed by atoms with van der Waals surface area (Å²) in [5.41, 5.74) is 0. The second-order valence-corrected chi connectivity index (χ2v) is 9.74. The minimum absolute atomic E-state index is 0.633. The zero-order chi connectivity index (χ0) is 14.4. The Balaban J connectivity index is 1.69. The van der Waals surface area contributed by atoms with E-state index in [1.807, 2.05) is 0 Å². The van der Waals surface area contributed by atoms with Gasteiger partial charge in [-0.2, -0.15) is 0 Å². The quantitative estimate of drug-likeness (QED) is 0.493. The van der Waals surface area contributed by atoms with Gasteiger partial charge < -0.3 is 0 Å². The van der Waals surface area contributed by atoms with Crippen molar-refractivity contribution in [1.29, 1.82) is 0 Å². The first kappa shape index (κ1) is 17.0. The van der Waals surface area contributed by atoms with Crippen molar-refractivity contribution in [2.45, 2.75) is 87.8 Å². The van der Waals surface area contributed by atoms with Crippen molar-refractivity contribution in [2.75, 3.05) is 14.1 Å². The van der Waals surface area contributed by atoms with E-state index in [1.54, 1.807) is 0 Å². The molecule has 118 valence electrons. The third kappa shape index (κ3) is 5.43. The molecule has 2 fully saturated rings. The molecule has 2 rings (SSSR count). The van der Waals surface area contributed by atoms with Gasteiger partial charge in [-0.15, -0.1) is 0 Å². The lowest BCUT2D eigenvalue weighted by molar-refractivity contribution is 0.302. The molecule has 2 aliphatic carbocycles. The van der Waals surface area contributed by atoms with Crippen LogP contribution in [0.3, 0.4) is 0 Å². The molecule has 2 aliphatic rings. The van der Waals surface area contributed by atoms with Crippen LogP contribution in [-0.2, 0) is 0 Å². The molecule has 0 atom stereocenters. The summed E-state index contributed by atoms with van der Waals surface area (Å²) in [5.74, 6) is 0. The van der Waals surface area contributed by atoms with Gasteiger partial charge in [0.15, 0.2) is 0 Å². The molecule has 2 nitrogen and oxygen atoms in total. The van der Waals surface area contributed by atoms with Crippen molar-refractivity contribution in [3.8, 4) is 0 Å². The monoisotopic (exact) mass is 316 g/mol. The Morgan fingerprint density at radius 2 is 1.05 bits per heavy atom. The summed E-state index contributed by atoms with van der Waals surface area (Å²) < 4.78 is 5.73. The fourth-order valence-electron chi connectivity index (χ4n) is 3.55. The van der Waals surface area contributed by atoms with Gasteiger partial charge in [0, 0.05) is 12.1 Å². The zero-order valence-electron chi connectivity index (χ0n) is 13.5. The summed E-state index contributed by atoms with van der Waals surface area (Å²) in [4.78, 5) is 0. The van der Waals surface area contributed by atoms with E-state index in [1.165, 1.54) is 64.2 Å². The molecule has 20 heavy (non-hydrogen) atoms. The smallest absolute Gasteiger partial charge is 0.0768 e. The molecule has 2 saturated carbocycles. The van der Waals surface area contributed by atoms with Crippen molar-refractivity contribution in [3.63, 3.8) is 0 Å². The number of rotatable bonds is 6. The highest BCUT2D eigenvalue weighted by molar-refractivity contribution is 8.14. The lowest BCUT2D eigenvalue weighted by atomic mass is 9.96. The third-order valence-electron chi connectivity index (χ3n) is 4.81. The van der Waals surface area contributed by atoms with E-state index in [9.17, 15) is 0 Å². The van der Waals surface area contributed by atoms with Crippen LogP contribution < -0.4 is 0 Å². The van der Waals surface area contributed by atoms with Gasteiger partial charge in [0.2, 0.25) is 0 Å². The molecule has 0 radical (unpaired) electrons. The molecular formula is C16H32N2S2. The molecule has 0 bridgehead atoms. The summed E-state index contributed by atoms with van der Waals surface area (Å²) in [6, 6.07) is 1.63. The molecule has 0 unspecified atom stereocenters. The first-order chi connectivity index (χ1) is 9.66. The molecule has 0 aliphatic heterocycles. The van der Waals surface area contributed by atoms with E-state index in [2.05, 4.69) is 53.5 Å². The van der Waals surface area contributed by atoms with Crippen LogP contribution in [-0.4, -0.2) is 39.4 Å². The Bertz CT molecular complexity index is 237. The Labute approximate surface area is 134 Å². The maximum Gasteiger partial charge on any atom is 0.0768 e. The zero-order valence-corrected chi connectivity index (χ0v) is 15.1. The molecule has 0 N–H and O–H groups in total. The van der Waals surface area contributed by atoms with Gasteiger partial charge in [0.05, 0.1) is 4.58 Å². The Kier molecular flexibility index (Phi) is 7.57. The van der Waals surface area contributed by atoms with Crippen molar-refractivity contribution in [2.24, 2.45) is 0 Å². The van der Waals surface area contributed by atoms with Gasteiger partial charge in [-0.05, 0) is 46.7 Å². The van der Waals surface area contributed by atoms with Crippen LogP contribution in [0.1, 0.15) is 71.1 Å². The SMILES string of the molecule is CC(SN(C)C1CCCCC1)SN(C)C1CCCCC1. The largest absolute Gasteiger partial charge is 0.250 e. The third-order valence-corrected chi connectivity index (χ3v) is 7.18. The molecule has 0 saturated heterocycles. The van der Waals surface area contributed by atoms with Crippen molar-refractivity contribution in [3.05, 3.63) is 0 Å². The van der Waals surface area contributed by atoms with Crippen LogP contribution in [0.15, 0.2) is 0 Å². The highest BCUT2D eigenvalue weighted by Crippen LogP contribution is 2.35. The van der Waals surface area contributed by atoms with E-state index < -0.39 is 0 Å². The summed E-state index contributed by atoms with van der Waals surface area (Å²) >= 11 is 4.11. The van der Waals surface area contributed by atoms with Gasteiger partial charge in [-0.3, -0.25) is 0 Å². The average Bonchev–Trinajstić information content (AvgIpc) is 2.49. The topological polar surface area (TPSA) is 6.48 Å². The summed E-state index contributed by atoms with van der Waals surface area (Å²) in [7, 11) is 4.61. The van der Waals surface area contributed by atoms with Crippen molar-refractivity contribution >= 4 is 23.9 Å². The van der Waals surface area contributed by atoms with E-state index >= 15 is 0 Å². The maximum absolute atomic E-state index is 2.55. The minimum Gasteiger partial charge on any atom is -0.250 e. The first-order valence-electron chi connectivity index (χ1n) is 8.46. The average molecular weight is 317 g/mol. The number of hydrogen-bond acceptors (Lipinski definition) is 4. The molecule has 4 heteroatoms. The fourth-order valence-corrected chi connectivity index (χ4v) is 6.22. The van der Waals surface area contributed by atoms with Gasteiger partial charge in [0.1, 0.15) is 0 Å². The summed E-state index contributed by atoms with van der Waals surface area (Å²) in [6.45, 7) is 2.37. The lowest BCUT2D eigenvalue weighted by Crippen LogP contribution is -2.32. The van der Waals surface area contributed by atoms with Crippen LogP contribution in [0.5, 0.6) is 0 Å². The van der Waals surface area contributed by atoms with E-state index in [-0.39, 0.29) is 0 Å². The minimum atomic E-state index is 0.633. The van der Waals surface area contributed by atoms with Crippen LogP contribution in [0.2, 0.25) is 0 Å². The molecule has 0 aromatic heterocycles. The van der Waals surface area contributed by atoms with Gasteiger partial charge in [0.25, 0.3) is 0 Å². The van der Waals surface area contributed by atoms with Gasteiger partial charge in [-0.1, -0.05) is 62.4 Å². The normalized spacial score (nSPS) is 23.1. The van der Waals surface area contributed by atoms with E-state index in [4.69, 9.17) is 0 Å². The van der Waals surface area contributed by atoms with Gasteiger partial charge >= 0.3 is 0 Å². The highest BCUT2D eigenvalue weighted by atomic mass is 32.2. The second-order valence-electron chi connectivity index (χ2n) is 6.45. The standard InChI is InChI=1S/C16H32N2S2/c1-14(19-17(2)15-10-6-4-7-11-15)20-18(3)16-12-8-5-9-13-16/h14-16H,4-13H2,1-3H3. The van der Waals surface area contributed by atoms with Crippen molar-refractivity contribution in [1.82, 2.24) is 8.61 Å². The fraction of sp³-hybridized carbons (Fsp3) is 1.00.